The van der Waals surface area contributed by atoms with Crippen molar-refractivity contribution in [2.75, 3.05) is 5.88 Å². The van der Waals surface area contributed by atoms with Crippen LogP contribution in [0.4, 0.5) is 4.39 Å². The van der Waals surface area contributed by atoms with E-state index in [4.69, 9.17) is 23.2 Å². The number of benzene rings is 1. The van der Waals surface area contributed by atoms with E-state index in [2.05, 4.69) is 0 Å². The van der Waals surface area contributed by atoms with E-state index >= 15 is 0 Å². The van der Waals surface area contributed by atoms with Gasteiger partial charge in [0, 0.05) is 5.56 Å². The average molecular weight is 239 g/mol. The van der Waals surface area contributed by atoms with E-state index in [-0.39, 0.29) is 16.5 Å². The summed E-state index contributed by atoms with van der Waals surface area (Å²) in [6.07, 6.45) is -2.42. The fourth-order valence-electron chi connectivity index (χ4n) is 1.04. The Hall–Kier alpha value is -0.350. The molecule has 0 saturated carbocycles. The summed E-state index contributed by atoms with van der Waals surface area (Å²) in [5.41, 5.74) is 0.139. The molecule has 0 spiro atoms. The van der Waals surface area contributed by atoms with Crippen LogP contribution in [0.5, 0.6) is 0 Å². The molecule has 1 aromatic carbocycles. The van der Waals surface area contributed by atoms with Crippen molar-refractivity contribution in [1.29, 1.82) is 0 Å². The minimum atomic E-state index is -1.27. The Labute approximate surface area is 90.9 Å². The molecule has 1 aromatic rings. The Balaban J connectivity index is 3.01. The number of hydrogen-bond acceptors (Lipinski definition) is 2. The van der Waals surface area contributed by atoms with Gasteiger partial charge < -0.3 is 10.2 Å². The molecule has 2 nitrogen and oxygen atoms in total. The van der Waals surface area contributed by atoms with Gasteiger partial charge in [-0.1, -0.05) is 23.7 Å². The van der Waals surface area contributed by atoms with Gasteiger partial charge in [0.15, 0.2) is 0 Å². The molecule has 0 heterocycles. The molecule has 5 heteroatoms. The zero-order valence-corrected chi connectivity index (χ0v) is 8.63. The molecule has 0 aliphatic carbocycles. The fourth-order valence-corrected chi connectivity index (χ4v) is 1.45. The van der Waals surface area contributed by atoms with E-state index in [1.54, 1.807) is 0 Å². The van der Waals surface area contributed by atoms with Crippen LogP contribution in [0.3, 0.4) is 0 Å². The van der Waals surface area contributed by atoms with Crippen LogP contribution in [0.15, 0.2) is 18.2 Å². The molecule has 14 heavy (non-hydrogen) atoms. The predicted molar refractivity (Wildman–Crippen MR) is 53.1 cm³/mol. The molecule has 78 valence electrons. The fraction of sp³-hybridized carbons (Fsp3) is 0.333. The van der Waals surface area contributed by atoms with Crippen molar-refractivity contribution >= 4 is 23.2 Å². The molecule has 0 aliphatic heterocycles. The lowest BCUT2D eigenvalue weighted by atomic mass is 10.1. The second-order valence-electron chi connectivity index (χ2n) is 2.81. The van der Waals surface area contributed by atoms with Crippen LogP contribution in [0, 0.1) is 5.82 Å². The summed E-state index contributed by atoms with van der Waals surface area (Å²) in [5.74, 6) is -0.779. The van der Waals surface area contributed by atoms with Gasteiger partial charge in [-0.15, -0.1) is 11.6 Å². The number of rotatable bonds is 3. The first kappa shape index (κ1) is 11.7. The lowest BCUT2D eigenvalue weighted by Crippen LogP contribution is -2.20. The highest BCUT2D eigenvalue weighted by Gasteiger charge is 2.21. The van der Waals surface area contributed by atoms with E-state index in [9.17, 15) is 14.6 Å². The summed E-state index contributed by atoms with van der Waals surface area (Å²) < 4.78 is 12.9. The Bertz CT molecular complexity index is 320. The second kappa shape index (κ2) is 4.94. The minimum Gasteiger partial charge on any atom is -0.389 e. The third kappa shape index (κ3) is 2.36. The van der Waals surface area contributed by atoms with Gasteiger partial charge in [-0.2, -0.15) is 0 Å². The Kier molecular flexibility index (Phi) is 4.13. The van der Waals surface area contributed by atoms with Gasteiger partial charge >= 0.3 is 0 Å². The summed E-state index contributed by atoms with van der Waals surface area (Å²) >= 11 is 10.9. The third-order valence-corrected chi connectivity index (χ3v) is 2.54. The largest absolute Gasteiger partial charge is 0.389 e. The highest BCUT2D eigenvalue weighted by Crippen LogP contribution is 2.27. The first-order valence-corrected chi connectivity index (χ1v) is 4.85. The van der Waals surface area contributed by atoms with Gasteiger partial charge in [-0.25, -0.2) is 4.39 Å². The first-order valence-electron chi connectivity index (χ1n) is 3.94. The van der Waals surface area contributed by atoms with E-state index in [1.807, 2.05) is 0 Å². The third-order valence-electron chi connectivity index (χ3n) is 1.82. The Morgan fingerprint density at radius 2 is 2.00 bits per heavy atom. The maximum absolute atomic E-state index is 12.9. The van der Waals surface area contributed by atoms with Gasteiger partial charge in [0.2, 0.25) is 0 Å². The molecule has 2 N–H and O–H groups in total. The highest BCUT2D eigenvalue weighted by atomic mass is 35.5. The molecule has 0 bridgehead atoms. The highest BCUT2D eigenvalue weighted by molar-refractivity contribution is 6.31. The van der Waals surface area contributed by atoms with E-state index in [1.165, 1.54) is 18.2 Å². The van der Waals surface area contributed by atoms with Crippen molar-refractivity contribution < 1.29 is 14.6 Å². The van der Waals surface area contributed by atoms with Crippen LogP contribution >= 0.6 is 23.2 Å². The molecule has 2 atom stereocenters. The summed E-state index contributed by atoms with van der Waals surface area (Å²) in [4.78, 5) is 0. The van der Waals surface area contributed by atoms with Crippen LogP contribution in [-0.4, -0.2) is 22.2 Å². The van der Waals surface area contributed by atoms with Crippen molar-refractivity contribution in [3.63, 3.8) is 0 Å². The van der Waals surface area contributed by atoms with Gasteiger partial charge in [0.25, 0.3) is 0 Å². The van der Waals surface area contributed by atoms with E-state index in [0.717, 1.165) is 0 Å². The molecule has 2 unspecified atom stereocenters. The van der Waals surface area contributed by atoms with E-state index in [0.29, 0.717) is 0 Å². The molecular weight excluding hydrogens is 230 g/mol. The van der Waals surface area contributed by atoms with Gasteiger partial charge in [0.1, 0.15) is 11.9 Å². The maximum Gasteiger partial charge on any atom is 0.142 e. The zero-order valence-electron chi connectivity index (χ0n) is 7.12. The lowest BCUT2D eigenvalue weighted by molar-refractivity contribution is 0.0326. The summed E-state index contributed by atoms with van der Waals surface area (Å²) in [6, 6.07) is 4.01. The molecule has 0 aliphatic rings. The van der Waals surface area contributed by atoms with Crippen molar-refractivity contribution in [2.24, 2.45) is 0 Å². The molecule has 0 saturated heterocycles. The summed E-state index contributed by atoms with van der Waals surface area (Å²) in [7, 11) is 0. The number of halogens is 3. The normalized spacial score (nSPS) is 15.2. The van der Waals surface area contributed by atoms with Crippen molar-refractivity contribution in [1.82, 2.24) is 0 Å². The van der Waals surface area contributed by atoms with Crippen LogP contribution < -0.4 is 0 Å². The van der Waals surface area contributed by atoms with Crippen molar-refractivity contribution in [3.8, 4) is 0 Å². The monoisotopic (exact) mass is 238 g/mol. The number of hydrogen-bond donors (Lipinski definition) is 2. The van der Waals surface area contributed by atoms with Gasteiger partial charge in [-0.3, -0.25) is 0 Å². The Morgan fingerprint density at radius 1 is 1.36 bits per heavy atom. The van der Waals surface area contributed by atoms with Gasteiger partial charge in [-0.05, 0) is 6.07 Å². The summed E-state index contributed by atoms with van der Waals surface area (Å²) in [6.45, 7) is 0. The van der Waals surface area contributed by atoms with Crippen LogP contribution in [-0.2, 0) is 0 Å². The minimum absolute atomic E-state index is 0.139. The molecule has 1 rings (SSSR count). The molecule has 0 aromatic heterocycles. The average Bonchev–Trinajstić information content (AvgIpc) is 2.20. The SMILES string of the molecule is OC(CCl)C(O)c1cccc(F)c1Cl. The van der Waals surface area contributed by atoms with Gasteiger partial charge in [0.05, 0.1) is 17.0 Å². The zero-order chi connectivity index (χ0) is 10.7. The molecule has 0 radical (unpaired) electrons. The quantitative estimate of drug-likeness (QED) is 0.793. The summed E-state index contributed by atoms with van der Waals surface area (Å²) in [5, 5.41) is 18.6. The Morgan fingerprint density at radius 3 is 2.57 bits per heavy atom. The number of aliphatic hydroxyl groups is 2. The molecule has 0 fully saturated rings. The van der Waals surface area contributed by atoms with E-state index < -0.39 is 18.0 Å². The van der Waals surface area contributed by atoms with Crippen LogP contribution in [0.2, 0.25) is 5.02 Å². The number of alkyl halides is 1. The molecular formula is C9H9Cl2FO2. The standard InChI is InChI=1S/C9H9Cl2FO2/c10-4-7(13)9(14)5-2-1-3-6(12)8(5)11/h1-3,7,9,13-14H,4H2. The maximum atomic E-state index is 12.9. The molecule has 0 amide bonds. The topological polar surface area (TPSA) is 40.5 Å². The van der Waals surface area contributed by atoms with Crippen LogP contribution in [0.1, 0.15) is 11.7 Å². The van der Waals surface area contributed by atoms with Crippen molar-refractivity contribution in [3.05, 3.63) is 34.6 Å². The van der Waals surface area contributed by atoms with Crippen LogP contribution in [0.25, 0.3) is 0 Å². The number of aliphatic hydroxyl groups excluding tert-OH is 2. The predicted octanol–water partition coefficient (Wildman–Crippen LogP) is 2.11. The lowest BCUT2D eigenvalue weighted by Gasteiger charge is -2.16. The smallest absolute Gasteiger partial charge is 0.142 e. The second-order valence-corrected chi connectivity index (χ2v) is 3.50. The first-order chi connectivity index (χ1) is 6.57. The van der Waals surface area contributed by atoms with Crippen molar-refractivity contribution in [2.45, 2.75) is 12.2 Å².